The molecule has 1 aromatic carbocycles. The molecule has 0 spiro atoms. The minimum absolute atomic E-state index is 0.0730. The van der Waals surface area contributed by atoms with Crippen molar-refractivity contribution in [1.82, 2.24) is 15.0 Å². The Morgan fingerprint density at radius 3 is 2.29 bits per heavy atom. The third kappa shape index (κ3) is 2.29. The van der Waals surface area contributed by atoms with Crippen LogP contribution >= 0.6 is 15.9 Å². The molecule has 0 unspecified atom stereocenters. The van der Waals surface area contributed by atoms with Crippen LogP contribution < -0.4 is 0 Å². The molecule has 1 heterocycles. The van der Waals surface area contributed by atoms with Crippen molar-refractivity contribution in [2.75, 3.05) is 0 Å². The number of aryl methyl sites for hydroxylation is 3. The molecule has 0 aliphatic carbocycles. The van der Waals surface area contributed by atoms with Crippen LogP contribution in [0.25, 0.3) is 0 Å². The highest BCUT2D eigenvalue weighted by atomic mass is 79.9. The van der Waals surface area contributed by atoms with E-state index in [1.807, 2.05) is 32.0 Å². The zero-order chi connectivity index (χ0) is 12.6. The first kappa shape index (κ1) is 12.0. The lowest BCUT2D eigenvalue weighted by Gasteiger charge is -2.04. The van der Waals surface area contributed by atoms with Crippen LogP contribution in [0.4, 0.5) is 0 Å². The molecular weight excluding hydrogens is 282 g/mol. The first-order valence-corrected chi connectivity index (χ1v) is 5.96. The first-order valence-electron chi connectivity index (χ1n) is 5.17. The molecule has 1 aromatic heterocycles. The molecule has 0 saturated heterocycles. The lowest BCUT2D eigenvalue weighted by Crippen LogP contribution is -2.09. The SMILES string of the molecule is Cc1cc(C)cc(C(=O)c2c(Br)nnn2C)c1. The molecule has 0 aliphatic heterocycles. The van der Waals surface area contributed by atoms with E-state index in [0.29, 0.717) is 15.9 Å². The van der Waals surface area contributed by atoms with Crippen LogP contribution in [0.2, 0.25) is 0 Å². The highest BCUT2D eigenvalue weighted by molar-refractivity contribution is 9.10. The van der Waals surface area contributed by atoms with Crippen LogP contribution in [0, 0.1) is 13.8 Å². The van der Waals surface area contributed by atoms with Crippen molar-refractivity contribution in [3.05, 3.63) is 45.2 Å². The second kappa shape index (κ2) is 4.41. The average Bonchev–Trinajstić information content (AvgIpc) is 2.56. The van der Waals surface area contributed by atoms with Gasteiger partial charge in [-0.3, -0.25) is 4.79 Å². The number of benzene rings is 1. The van der Waals surface area contributed by atoms with E-state index < -0.39 is 0 Å². The molecule has 0 amide bonds. The average molecular weight is 294 g/mol. The first-order chi connectivity index (χ1) is 7.99. The number of aromatic nitrogens is 3. The van der Waals surface area contributed by atoms with E-state index in [1.54, 1.807) is 7.05 Å². The minimum atomic E-state index is -0.0730. The van der Waals surface area contributed by atoms with Gasteiger partial charge in [0.15, 0.2) is 4.60 Å². The second-order valence-corrected chi connectivity index (χ2v) is 4.81. The summed E-state index contributed by atoms with van der Waals surface area (Å²) in [5.41, 5.74) is 3.27. The minimum Gasteiger partial charge on any atom is -0.287 e. The second-order valence-electron chi connectivity index (χ2n) is 4.06. The number of nitrogens with zero attached hydrogens (tertiary/aromatic N) is 3. The van der Waals surface area contributed by atoms with Crippen LogP contribution in [0.5, 0.6) is 0 Å². The zero-order valence-electron chi connectivity index (χ0n) is 9.86. The molecule has 0 aliphatic rings. The summed E-state index contributed by atoms with van der Waals surface area (Å²) in [4.78, 5) is 12.3. The van der Waals surface area contributed by atoms with Crippen LogP contribution in [0.15, 0.2) is 22.8 Å². The van der Waals surface area contributed by atoms with Gasteiger partial charge in [-0.1, -0.05) is 22.4 Å². The molecule has 5 heteroatoms. The molecule has 2 aromatic rings. The van der Waals surface area contributed by atoms with E-state index in [-0.39, 0.29) is 5.78 Å². The van der Waals surface area contributed by atoms with E-state index in [4.69, 9.17) is 0 Å². The van der Waals surface area contributed by atoms with Gasteiger partial charge in [0.05, 0.1) is 0 Å². The molecule has 4 nitrogen and oxygen atoms in total. The fourth-order valence-electron chi connectivity index (χ4n) is 1.82. The van der Waals surface area contributed by atoms with Crippen LogP contribution in [-0.4, -0.2) is 20.8 Å². The highest BCUT2D eigenvalue weighted by Crippen LogP contribution is 2.18. The normalized spacial score (nSPS) is 10.6. The molecule has 0 fully saturated rings. The van der Waals surface area contributed by atoms with Crippen LogP contribution in [-0.2, 0) is 7.05 Å². The Hall–Kier alpha value is -1.49. The molecule has 2 rings (SSSR count). The third-order valence-corrected chi connectivity index (χ3v) is 3.02. The van der Waals surface area contributed by atoms with Gasteiger partial charge in [-0.15, -0.1) is 5.10 Å². The summed E-state index contributed by atoms with van der Waals surface area (Å²) in [7, 11) is 1.70. The Morgan fingerprint density at radius 1 is 1.24 bits per heavy atom. The molecule has 0 saturated carbocycles. The molecule has 0 atom stereocenters. The van der Waals surface area contributed by atoms with Gasteiger partial charge in [0.25, 0.3) is 0 Å². The lowest BCUT2D eigenvalue weighted by atomic mass is 10.0. The summed E-state index contributed by atoms with van der Waals surface area (Å²) in [6.45, 7) is 3.95. The Bertz CT molecular complexity index is 550. The van der Waals surface area contributed by atoms with Gasteiger partial charge >= 0.3 is 0 Å². The van der Waals surface area contributed by atoms with E-state index in [2.05, 4.69) is 26.2 Å². The fourth-order valence-corrected chi connectivity index (χ4v) is 2.32. The Morgan fingerprint density at radius 2 is 1.82 bits per heavy atom. The maximum absolute atomic E-state index is 12.3. The predicted octanol–water partition coefficient (Wildman–Crippen LogP) is 2.43. The summed E-state index contributed by atoms with van der Waals surface area (Å²) in [5, 5.41) is 7.62. The monoisotopic (exact) mass is 293 g/mol. The number of halogens is 1. The largest absolute Gasteiger partial charge is 0.287 e. The molecule has 0 radical (unpaired) electrons. The smallest absolute Gasteiger partial charge is 0.213 e. The number of carbonyl (C=O) groups excluding carboxylic acids is 1. The van der Waals surface area contributed by atoms with Gasteiger partial charge in [0.1, 0.15) is 5.69 Å². The van der Waals surface area contributed by atoms with Gasteiger partial charge in [-0.2, -0.15) is 0 Å². The van der Waals surface area contributed by atoms with Gasteiger partial charge in [0.2, 0.25) is 5.78 Å². The van der Waals surface area contributed by atoms with Crippen molar-refractivity contribution in [3.8, 4) is 0 Å². The maximum Gasteiger partial charge on any atom is 0.213 e. The fraction of sp³-hybridized carbons (Fsp3) is 0.250. The highest BCUT2D eigenvalue weighted by Gasteiger charge is 2.18. The van der Waals surface area contributed by atoms with Gasteiger partial charge < -0.3 is 0 Å². The summed E-state index contributed by atoms with van der Waals surface area (Å²) in [6.07, 6.45) is 0. The van der Waals surface area contributed by atoms with Crippen molar-refractivity contribution in [2.24, 2.45) is 7.05 Å². The molecule has 88 valence electrons. The summed E-state index contributed by atoms with van der Waals surface area (Å²) in [6, 6.07) is 5.77. The zero-order valence-corrected chi connectivity index (χ0v) is 11.4. The molecule has 0 bridgehead atoms. The number of carbonyl (C=O) groups is 1. The van der Waals surface area contributed by atoms with Crippen LogP contribution in [0.3, 0.4) is 0 Å². The van der Waals surface area contributed by atoms with E-state index in [9.17, 15) is 4.79 Å². The summed E-state index contributed by atoms with van der Waals surface area (Å²) < 4.78 is 1.95. The van der Waals surface area contributed by atoms with Gasteiger partial charge in [0, 0.05) is 12.6 Å². The maximum atomic E-state index is 12.3. The Balaban J connectivity index is 2.51. The van der Waals surface area contributed by atoms with Crippen molar-refractivity contribution in [3.63, 3.8) is 0 Å². The Labute approximate surface area is 108 Å². The van der Waals surface area contributed by atoms with E-state index in [0.717, 1.165) is 11.1 Å². The topological polar surface area (TPSA) is 47.8 Å². The van der Waals surface area contributed by atoms with Crippen molar-refractivity contribution in [1.29, 1.82) is 0 Å². The summed E-state index contributed by atoms with van der Waals surface area (Å²) in [5.74, 6) is -0.0730. The Kier molecular flexibility index (Phi) is 3.11. The van der Waals surface area contributed by atoms with E-state index in [1.165, 1.54) is 4.68 Å². The quantitative estimate of drug-likeness (QED) is 0.799. The predicted molar refractivity (Wildman–Crippen MR) is 68.1 cm³/mol. The third-order valence-electron chi connectivity index (χ3n) is 2.48. The molecular formula is C12H12BrN3O. The van der Waals surface area contributed by atoms with Crippen molar-refractivity contribution < 1.29 is 4.79 Å². The van der Waals surface area contributed by atoms with Crippen LogP contribution in [0.1, 0.15) is 27.2 Å². The lowest BCUT2D eigenvalue weighted by molar-refractivity contribution is 0.102. The molecule has 0 N–H and O–H groups in total. The van der Waals surface area contributed by atoms with E-state index >= 15 is 0 Å². The number of hydrogen-bond acceptors (Lipinski definition) is 3. The molecule has 17 heavy (non-hydrogen) atoms. The standard InChI is InChI=1S/C12H12BrN3O/c1-7-4-8(2)6-9(5-7)11(17)10-12(13)14-15-16(10)3/h4-6H,1-3H3. The number of hydrogen-bond donors (Lipinski definition) is 0. The number of ketones is 1. The van der Waals surface area contributed by atoms with Gasteiger partial charge in [-0.25, -0.2) is 4.68 Å². The van der Waals surface area contributed by atoms with Crippen molar-refractivity contribution >= 4 is 21.7 Å². The van der Waals surface area contributed by atoms with Gasteiger partial charge in [-0.05, 0) is 41.9 Å². The summed E-state index contributed by atoms with van der Waals surface area (Å²) >= 11 is 3.24. The van der Waals surface area contributed by atoms with Crippen molar-refractivity contribution in [2.45, 2.75) is 13.8 Å². The number of rotatable bonds is 2.